The Morgan fingerprint density at radius 2 is 1.92 bits per heavy atom. The zero-order valence-corrected chi connectivity index (χ0v) is 14.8. The van der Waals surface area contributed by atoms with Gasteiger partial charge in [0.2, 0.25) is 5.91 Å². The van der Waals surface area contributed by atoms with E-state index < -0.39 is 5.63 Å². The van der Waals surface area contributed by atoms with E-state index in [0.29, 0.717) is 36.0 Å². The Hall–Kier alpha value is -2.27. The van der Waals surface area contributed by atoms with Gasteiger partial charge < -0.3 is 14.1 Å². The summed E-state index contributed by atoms with van der Waals surface area (Å²) in [4.78, 5) is 25.6. The number of halogens is 1. The van der Waals surface area contributed by atoms with E-state index in [2.05, 4.69) is 0 Å². The molecule has 132 valence electrons. The van der Waals surface area contributed by atoms with Crippen LogP contribution < -0.4 is 10.4 Å². The Morgan fingerprint density at radius 3 is 2.56 bits per heavy atom. The molecule has 2 heterocycles. The van der Waals surface area contributed by atoms with E-state index >= 15 is 0 Å². The standard InChI is InChI=1S/C19H20ClNO4/c1-13-10-17(12-19(23)24-13)25-16-6-8-21(9-7-16)18(22)11-14-2-4-15(20)5-3-14/h2-5,10,12,16H,6-9,11H2,1H3. The van der Waals surface area contributed by atoms with Crippen molar-refractivity contribution in [2.24, 2.45) is 0 Å². The number of piperidine rings is 1. The Kier molecular flexibility index (Phi) is 5.43. The Bertz CT molecular complexity index is 792. The highest BCUT2D eigenvalue weighted by atomic mass is 35.5. The molecule has 1 aromatic heterocycles. The van der Waals surface area contributed by atoms with Gasteiger partial charge in [0.15, 0.2) is 0 Å². The molecule has 1 amide bonds. The number of likely N-dealkylation sites (tertiary alicyclic amines) is 1. The number of ether oxygens (including phenoxy) is 1. The Morgan fingerprint density at radius 1 is 1.24 bits per heavy atom. The minimum Gasteiger partial charge on any atom is -0.490 e. The molecule has 6 heteroatoms. The molecule has 0 spiro atoms. The first-order valence-electron chi connectivity index (χ1n) is 8.30. The third-order valence-electron chi connectivity index (χ3n) is 4.23. The SMILES string of the molecule is Cc1cc(OC2CCN(C(=O)Cc3ccc(Cl)cc3)CC2)cc(=O)o1. The predicted octanol–water partition coefficient (Wildman–Crippen LogP) is 3.21. The lowest BCUT2D eigenvalue weighted by Crippen LogP contribution is -2.42. The quantitative estimate of drug-likeness (QED) is 0.839. The topological polar surface area (TPSA) is 59.8 Å². The number of hydrogen-bond donors (Lipinski definition) is 0. The molecule has 25 heavy (non-hydrogen) atoms. The number of carbonyl (C=O) groups is 1. The number of amides is 1. The van der Waals surface area contributed by atoms with Crippen molar-refractivity contribution in [3.8, 4) is 5.75 Å². The van der Waals surface area contributed by atoms with E-state index in [-0.39, 0.29) is 12.0 Å². The molecule has 1 aromatic carbocycles. The molecule has 0 aliphatic carbocycles. The van der Waals surface area contributed by atoms with Gasteiger partial charge in [-0.2, -0.15) is 0 Å². The van der Waals surface area contributed by atoms with Gasteiger partial charge >= 0.3 is 5.63 Å². The fourth-order valence-corrected chi connectivity index (χ4v) is 3.07. The highest BCUT2D eigenvalue weighted by molar-refractivity contribution is 6.30. The molecule has 1 saturated heterocycles. The highest BCUT2D eigenvalue weighted by Gasteiger charge is 2.24. The minimum atomic E-state index is -0.412. The molecule has 0 N–H and O–H groups in total. The second-order valence-electron chi connectivity index (χ2n) is 6.22. The molecule has 1 aliphatic rings. The molecule has 3 rings (SSSR count). The second kappa shape index (κ2) is 7.74. The molecule has 1 fully saturated rings. The van der Waals surface area contributed by atoms with E-state index in [1.54, 1.807) is 25.1 Å². The van der Waals surface area contributed by atoms with E-state index in [4.69, 9.17) is 20.8 Å². The largest absolute Gasteiger partial charge is 0.490 e. The summed E-state index contributed by atoms with van der Waals surface area (Å²) < 4.78 is 10.8. The average Bonchev–Trinajstić information content (AvgIpc) is 2.56. The van der Waals surface area contributed by atoms with Crippen molar-refractivity contribution in [3.63, 3.8) is 0 Å². The maximum absolute atomic E-state index is 12.4. The molecule has 0 bridgehead atoms. The molecule has 0 saturated carbocycles. The van der Waals surface area contributed by atoms with Crippen LogP contribution in [0.25, 0.3) is 0 Å². The summed E-state index contributed by atoms with van der Waals surface area (Å²) in [7, 11) is 0. The highest BCUT2D eigenvalue weighted by Crippen LogP contribution is 2.19. The molecule has 0 unspecified atom stereocenters. The van der Waals surface area contributed by atoms with Crippen molar-refractivity contribution in [2.45, 2.75) is 32.3 Å². The zero-order chi connectivity index (χ0) is 17.8. The second-order valence-corrected chi connectivity index (χ2v) is 6.66. The lowest BCUT2D eigenvalue weighted by molar-refractivity contribution is -0.132. The van der Waals surface area contributed by atoms with Gasteiger partial charge in [0, 0.05) is 37.0 Å². The van der Waals surface area contributed by atoms with Crippen LogP contribution in [0.15, 0.2) is 45.6 Å². The number of nitrogens with zero attached hydrogens (tertiary/aromatic N) is 1. The maximum Gasteiger partial charge on any atom is 0.339 e. The van der Waals surface area contributed by atoms with Crippen LogP contribution in [-0.4, -0.2) is 30.0 Å². The summed E-state index contributed by atoms with van der Waals surface area (Å²) in [6, 6.07) is 10.4. The summed E-state index contributed by atoms with van der Waals surface area (Å²) in [5.74, 6) is 1.16. The molecular formula is C19H20ClNO4. The molecule has 5 nitrogen and oxygen atoms in total. The van der Waals surface area contributed by atoms with Crippen LogP contribution in [0, 0.1) is 6.92 Å². The third-order valence-corrected chi connectivity index (χ3v) is 4.49. The van der Waals surface area contributed by atoms with Crippen LogP contribution in [0.2, 0.25) is 5.02 Å². The fraction of sp³-hybridized carbons (Fsp3) is 0.368. The smallest absolute Gasteiger partial charge is 0.339 e. The van der Waals surface area contributed by atoms with Crippen molar-refractivity contribution in [3.05, 3.63) is 63.2 Å². The Balaban J connectivity index is 1.51. The monoisotopic (exact) mass is 361 g/mol. The number of benzene rings is 1. The van der Waals surface area contributed by atoms with Gasteiger partial charge in [0.1, 0.15) is 17.6 Å². The zero-order valence-electron chi connectivity index (χ0n) is 14.0. The summed E-state index contributed by atoms with van der Waals surface area (Å²) >= 11 is 5.86. The normalized spacial score (nSPS) is 15.2. The van der Waals surface area contributed by atoms with Gasteiger partial charge in [0.25, 0.3) is 0 Å². The summed E-state index contributed by atoms with van der Waals surface area (Å²) in [5, 5.41) is 0.666. The van der Waals surface area contributed by atoms with Crippen LogP contribution >= 0.6 is 11.6 Å². The molecule has 2 aromatic rings. The van der Waals surface area contributed by atoms with Gasteiger partial charge in [-0.15, -0.1) is 0 Å². The van der Waals surface area contributed by atoms with Gasteiger partial charge in [0.05, 0.1) is 12.5 Å². The fourth-order valence-electron chi connectivity index (χ4n) is 2.95. The minimum absolute atomic E-state index is 0.000724. The lowest BCUT2D eigenvalue weighted by Gasteiger charge is -2.32. The molecule has 0 radical (unpaired) electrons. The maximum atomic E-state index is 12.4. The molecular weight excluding hydrogens is 342 g/mol. The van der Waals surface area contributed by atoms with E-state index in [9.17, 15) is 9.59 Å². The van der Waals surface area contributed by atoms with Gasteiger partial charge in [-0.1, -0.05) is 23.7 Å². The summed E-state index contributed by atoms with van der Waals surface area (Å²) in [6.45, 7) is 3.02. The van der Waals surface area contributed by atoms with Gasteiger partial charge in [-0.05, 0) is 24.6 Å². The van der Waals surface area contributed by atoms with Crippen molar-refractivity contribution < 1.29 is 13.9 Å². The molecule has 0 atom stereocenters. The van der Waals surface area contributed by atoms with E-state index in [1.165, 1.54) is 6.07 Å². The van der Waals surface area contributed by atoms with Crippen molar-refractivity contribution in [1.82, 2.24) is 4.90 Å². The number of aryl methyl sites for hydroxylation is 1. The Labute approximate surface area is 151 Å². The van der Waals surface area contributed by atoms with Gasteiger partial charge in [-0.3, -0.25) is 4.79 Å². The van der Waals surface area contributed by atoms with Crippen LogP contribution in [0.5, 0.6) is 5.75 Å². The third kappa shape index (κ3) is 4.86. The first-order chi connectivity index (χ1) is 12.0. The van der Waals surface area contributed by atoms with Crippen molar-refractivity contribution >= 4 is 17.5 Å². The average molecular weight is 362 g/mol. The number of rotatable bonds is 4. The van der Waals surface area contributed by atoms with Crippen molar-refractivity contribution in [1.29, 1.82) is 0 Å². The van der Waals surface area contributed by atoms with Crippen LogP contribution in [0.3, 0.4) is 0 Å². The van der Waals surface area contributed by atoms with E-state index in [0.717, 1.165) is 18.4 Å². The van der Waals surface area contributed by atoms with Crippen molar-refractivity contribution in [2.75, 3.05) is 13.1 Å². The summed E-state index contributed by atoms with van der Waals surface area (Å²) in [6.07, 6.45) is 1.86. The number of carbonyl (C=O) groups excluding carboxylic acids is 1. The predicted molar refractivity (Wildman–Crippen MR) is 95.1 cm³/mol. The lowest BCUT2D eigenvalue weighted by atomic mass is 10.1. The first-order valence-corrected chi connectivity index (χ1v) is 8.68. The van der Waals surface area contributed by atoms with Crippen LogP contribution in [-0.2, 0) is 11.2 Å². The number of hydrogen-bond acceptors (Lipinski definition) is 4. The summed E-state index contributed by atoms with van der Waals surface area (Å²) in [5.41, 5.74) is 0.546. The van der Waals surface area contributed by atoms with Crippen LogP contribution in [0.4, 0.5) is 0 Å². The first kappa shape index (κ1) is 17.5. The molecule has 1 aliphatic heterocycles. The van der Waals surface area contributed by atoms with E-state index in [1.807, 2.05) is 17.0 Å². The van der Waals surface area contributed by atoms with Gasteiger partial charge in [-0.25, -0.2) is 4.79 Å². The van der Waals surface area contributed by atoms with Crippen LogP contribution in [0.1, 0.15) is 24.2 Å².